The Kier molecular flexibility index (Phi) is 8.89. The first-order chi connectivity index (χ1) is 32.8. The van der Waals surface area contributed by atoms with Gasteiger partial charge in [-0.25, -0.2) is 0 Å². The summed E-state index contributed by atoms with van der Waals surface area (Å²) < 4.78 is 0. The maximum Gasteiger partial charge on any atom is 0.0965 e. The Bertz CT molecular complexity index is 3650. The summed E-state index contributed by atoms with van der Waals surface area (Å²) in [7, 11) is 0. The Morgan fingerprint density at radius 3 is 0.788 bits per heavy atom. The van der Waals surface area contributed by atoms with Crippen LogP contribution in [-0.4, -0.2) is 9.97 Å². The molecule has 0 fully saturated rings. The predicted octanol–water partition coefficient (Wildman–Crippen LogP) is 17.4. The monoisotopic (exact) mass is 836 g/mol. The molecule has 0 radical (unpaired) electrons. The highest BCUT2D eigenvalue weighted by Gasteiger charge is 2.21. The number of aromatic nitrogens is 2. The summed E-state index contributed by atoms with van der Waals surface area (Å²) >= 11 is 0. The van der Waals surface area contributed by atoms with E-state index in [0.29, 0.717) is 0 Å². The van der Waals surface area contributed by atoms with Gasteiger partial charge in [-0.3, -0.25) is 9.97 Å². The molecular formula is C64H40N2. The van der Waals surface area contributed by atoms with Gasteiger partial charge in [-0.2, -0.15) is 0 Å². The van der Waals surface area contributed by atoms with Crippen molar-refractivity contribution in [2.24, 2.45) is 0 Å². The molecule has 0 saturated carbocycles. The summed E-state index contributed by atoms with van der Waals surface area (Å²) in [6.07, 6.45) is 3.59. The lowest BCUT2D eigenvalue weighted by molar-refractivity contribution is 1.21. The lowest BCUT2D eigenvalue weighted by Gasteiger charge is -2.19. The molecule has 0 aliphatic heterocycles. The molecule has 0 aliphatic rings. The zero-order chi connectivity index (χ0) is 43.6. The average Bonchev–Trinajstić information content (AvgIpc) is 3.39. The predicted molar refractivity (Wildman–Crippen MR) is 280 cm³/mol. The summed E-state index contributed by atoms with van der Waals surface area (Å²) in [5, 5.41) is 14.9. The van der Waals surface area contributed by atoms with Crippen LogP contribution in [0.25, 0.3) is 132 Å². The highest BCUT2D eigenvalue weighted by atomic mass is 14.8. The van der Waals surface area contributed by atoms with Crippen molar-refractivity contribution in [2.75, 3.05) is 0 Å². The second-order valence-corrected chi connectivity index (χ2v) is 17.1. The van der Waals surface area contributed by atoms with Gasteiger partial charge in [-0.15, -0.1) is 0 Å². The van der Waals surface area contributed by atoms with Crippen molar-refractivity contribution in [1.82, 2.24) is 9.97 Å². The van der Waals surface area contributed by atoms with E-state index in [2.05, 4.69) is 231 Å². The smallest absolute Gasteiger partial charge is 0.0965 e. The molecule has 13 aromatic rings. The van der Waals surface area contributed by atoms with Crippen molar-refractivity contribution in [2.45, 2.75) is 0 Å². The van der Waals surface area contributed by atoms with Crippen LogP contribution < -0.4 is 0 Å². The van der Waals surface area contributed by atoms with E-state index in [1.54, 1.807) is 12.4 Å². The largest absolute Gasteiger partial charge is 0.252 e. The van der Waals surface area contributed by atoms with E-state index < -0.39 is 0 Å². The number of hydrogen-bond acceptors (Lipinski definition) is 2. The summed E-state index contributed by atoms with van der Waals surface area (Å²) in [5.41, 5.74) is 13.6. The molecule has 306 valence electrons. The van der Waals surface area contributed by atoms with E-state index >= 15 is 0 Å². The minimum absolute atomic E-state index is 0.855. The van der Waals surface area contributed by atoms with Gasteiger partial charge in [-0.05, 0) is 109 Å². The van der Waals surface area contributed by atoms with Crippen LogP contribution >= 0.6 is 0 Å². The second kappa shape index (κ2) is 15.5. The Labute approximate surface area is 382 Å². The third-order valence-electron chi connectivity index (χ3n) is 13.6. The average molecular weight is 837 g/mol. The molecule has 13 rings (SSSR count). The van der Waals surface area contributed by atoms with Gasteiger partial charge in [0.2, 0.25) is 0 Å². The summed E-state index contributed by atoms with van der Waals surface area (Å²) in [5.74, 6) is 0. The van der Waals surface area contributed by atoms with Crippen LogP contribution in [0.2, 0.25) is 0 Å². The van der Waals surface area contributed by atoms with Gasteiger partial charge in [-0.1, -0.05) is 231 Å². The normalized spacial score (nSPS) is 11.6. The van der Waals surface area contributed by atoms with Gasteiger partial charge in [0, 0.05) is 23.5 Å². The maximum absolute atomic E-state index is 4.96. The van der Waals surface area contributed by atoms with Gasteiger partial charge >= 0.3 is 0 Å². The van der Waals surface area contributed by atoms with Crippen molar-refractivity contribution < 1.29 is 0 Å². The molecule has 2 heteroatoms. The third-order valence-corrected chi connectivity index (χ3v) is 13.6. The molecule has 12 aromatic carbocycles. The highest BCUT2D eigenvalue weighted by molar-refractivity contribution is 6.25. The summed E-state index contributed by atoms with van der Waals surface area (Å²) in [6, 6.07) is 84.0. The van der Waals surface area contributed by atoms with Crippen LogP contribution in [0.1, 0.15) is 0 Å². The number of fused-ring (bicyclic) bond motifs is 6. The van der Waals surface area contributed by atoms with Crippen molar-refractivity contribution in [3.05, 3.63) is 243 Å². The number of rotatable bonds is 6. The van der Waals surface area contributed by atoms with Gasteiger partial charge in [0.15, 0.2) is 0 Å². The molecule has 0 saturated heterocycles. The Balaban J connectivity index is 0.903. The molecule has 1 heterocycles. The molecule has 66 heavy (non-hydrogen) atoms. The molecule has 0 unspecified atom stereocenters. The molecule has 1 aromatic heterocycles. The first kappa shape index (κ1) is 37.8. The van der Waals surface area contributed by atoms with Crippen LogP contribution in [0.4, 0.5) is 0 Å². The van der Waals surface area contributed by atoms with Gasteiger partial charge in [0.05, 0.1) is 11.4 Å². The number of benzene rings is 12. The van der Waals surface area contributed by atoms with Crippen LogP contribution in [0.5, 0.6) is 0 Å². The van der Waals surface area contributed by atoms with Crippen molar-refractivity contribution in [3.8, 4) is 67.0 Å². The van der Waals surface area contributed by atoms with E-state index in [0.717, 1.165) is 33.6 Å². The van der Waals surface area contributed by atoms with Crippen molar-refractivity contribution >= 4 is 64.6 Å². The van der Waals surface area contributed by atoms with Crippen LogP contribution in [0, 0.1) is 0 Å². The molecule has 0 N–H and O–H groups in total. The van der Waals surface area contributed by atoms with E-state index in [1.165, 1.54) is 98.0 Å². The summed E-state index contributed by atoms with van der Waals surface area (Å²) in [6.45, 7) is 0. The Hall–Kier alpha value is -8.72. The van der Waals surface area contributed by atoms with Crippen LogP contribution in [0.15, 0.2) is 243 Å². The number of hydrogen-bond donors (Lipinski definition) is 0. The van der Waals surface area contributed by atoms with E-state index in [9.17, 15) is 0 Å². The first-order valence-electron chi connectivity index (χ1n) is 22.6. The van der Waals surface area contributed by atoms with E-state index in [1.807, 2.05) is 0 Å². The first-order valence-corrected chi connectivity index (χ1v) is 22.6. The molecule has 0 spiro atoms. The van der Waals surface area contributed by atoms with Gasteiger partial charge in [0.1, 0.15) is 0 Å². The third kappa shape index (κ3) is 6.04. The van der Waals surface area contributed by atoms with Gasteiger partial charge < -0.3 is 0 Å². The van der Waals surface area contributed by atoms with E-state index in [-0.39, 0.29) is 0 Å². The topological polar surface area (TPSA) is 25.8 Å². The summed E-state index contributed by atoms with van der Waals surface area (Å²) in [4.78, 5) is 9.92. The SMILES string of the molecule is c1ccc2c(-c3c4ccccc4c(-c4ccc(-c5nccnc5-c5ccc(-c6c7ccccc7c(-c7cccc8ccccc78)c7ccccc67)cc5)cc4)c4ccccc34)cccc2c1. The lowest BCUT2D eigenvalue weighted by atomic mass is 9.84. The zero-order valence-corrected chi connectivity index (χ0v) is 36.0. The number of nitrogens with zero attached hydrogens (tertiary/aromatic N) is 2. The molecule has 0 bridgehead atoms. The zero-order valence-electron chi connectivity index (χ0n) is 36.0. The fourth-order valence-electron chi connectivity index (χ4n) is 10.7. The van der Waals surface area contributed by atoms with Crippen molar-refractivity contribution in [1.29, 1.82) is 0 Å². The minimum atomic E-state index is 0.855. The highest BCUT2D eigenvalue weighted by Crippen LogP contribution is 2.47. The quantitative estimate of drug-likeness (QED) is 0.156. The maximum atomic E-state index is 4.96. The standard InChI is InChI=1S/C64H40N2/c1-3-19-47-41(15-1)17-13-29-49(47)61-55-25-9-5-21-51(55)59(52-22-6-10-26-56(52)61)43-31-35-45(36-32-43)63-64(66-40-39-65-63)46-37-33-44(34-38-46)60-53-23-7-11-27-57(53)62(58-28-12-8-24-54(58)60)50-30-14-18-42-16-2-4-20-48(42)50/h1-40H. The molecule has 2 nitrogen and oxygen atoms in total. The van der Waals surface area contributed by atoms with Gasteiger partial charge in [0.25, 0.3) is 0 Å². The molecule has 0 aliphatic carbocycles. The molecular weight excluding hydrogens is 797 g/mol. The molecule has 0 amide bonds. The second-order valence-electron chi connectivity index (χ2n) is 17.1. The Morgan fingerprint density at radius 1 is 0.197 bits per heavy atom. The fourth-order valence-corrected chi connectivity index (χ4v) is 10.7. The fraction of sp³-hybridized carbons (Fsp3) is 0. The van der Waals surface area contributed by atoms with Crippen molar-refractivity contribution in [3.63, 3.8) is 0 Å². The minimum Gasteiger partial charge on any atom is -0.252 e. The Morgan fingerprint density at radius 2 is 0.455 bits per heavy atom. The lowest BCUT2D eigenvalue weighted by Crippen LogP contribution is -1.94. The van der Waals surface area contributed by atoms with Crippen LogP contribution in [-0.2, 0) is 0 Å². The molecule has 0 atom stereocenters. The van der Waals surface area contributed by atoms with Crippen LogP contribution in [0.3, 0.4) is 0 Å². The van der Waals surface area contributed by atoms with E-state index in [4.69, 9.17) is 9.97 Å².